The number of aryl methyl sites for hydroxylation is 1. The molecule has 1 atom stereocenters. The fraction of sp³-hybridized carbons (Fsp3) is 0.545. The van der Waals surface area contributed by atoms with Crippen LogP contribution >= 0.6 is 23.1 Å². The summed E-state index contributed by atoms with van der Waals surface area (Å²) in [5.41, 5.74) is 2.77. The molecular weight excluding hydrogens is 224 g/mol. The molecule has 15 heavy (non-hydrogen) atoms. The number of nitrogens with one attached hydrogen (secondary N) is 1. The highest BCUT2D eigenvalue weighted by atomic mass is 32.2. The molecule has 1 aromatic heterocycles. The fourth-order valence-electron chi connectivity index (χ4n) is 1.47. The second-order valence-corrected chi connectivity index (χ2v) is 5.76. The van der Waals surface area contributed by atoms with Crippen LogP contribution < -0.4 is 5.32 Å². The quantitative estimate of drug-likeness (QED) is 0.878. The van der Waals surface area contributed by atoms with Gasteiger partial charge in [-0.1, -0.05) is 18.7 Å². The van der Waals surface area contributed by atoms with Crippen LogP contribution in [0.2, 0.25) is 0 Å². The van der Waals surface area contributed by atoms with Crippen molar-refractivity contribution in [3.05, 3.63) is 21.9 Å². The lowest BCUT2D eigenvalue weighted by atomic mass is 10.2. The standard InChI is InChI=1S/C11H16N2S2/c1-3-10-5-13-11(15-10)12-4-9-7-14-6-8(9)2/h6-7,10H,3-5H2,1-2H3,(H,12,13). The monoisotopic (exact) mass is 240 g/mol. The Morgan fingerprint density at radius 1 is 1.53 bits per heavy atom. The number of nitrogens with zero attached hydrogens (tertiary/aromatic N) is 1. The zero-order chi connectivity index (χ0) is 10.7. The van der Waals surface area contributed by atoms with E-state index in [4.69, 9.17) is 0 Å². The summed E-state index contributed by atoms with van der Waals surface area (Å²) in [6, 6.07) is 0. The largest absolute Gasteiger partial charge is 0.361 e. The molecule has 4 heteroatoms. The van der Waals surface area contributed by atoms with E-state index in [1.54, 1.807) is 11.3 Å². The number of rotatable bonds is 3. The average Bonchev–Trinajstić information content (AvgIpc) is 2.84. The Labute approximate surface area is 99.2 Å². The molecule has 0 bridgehead atoms. The van der Waals surface area contributed by atoms with Gasteiger partial charge in [-0.15, -0.1) is 0 Å². The summed E-state index contributed by atoms with van der Waals surface area (Å²) in [5.74, 6) is 0. The number of hydrogen-bond donors (Lipinski definition) is 1. The maximum Gasteiger partial charge on any atom is 0.157 e. The van der Waals surface area contributed by atoms with Gasteiger partial charge in [0.25, 0.3) is 0 Å². The first kappa shape index (κ1) is 11.0. The lowest BCUT2D eigenvalue weighted by Gasteiger charge is -2.06. The molecule has 0 radical (unpaired) electrons. The number of amidine groups is 1. The van der Waals surface area contributed by atoms with Crippen LogP contribution in [0.25, 0.3) is 0 Å². The van der Waals surface area contributed by atoms with Crippen molar-refractivity contribution in [2.45, 2.75) is 32.1 Å². The van der Waals surface area contributed by atoms with Crippen molar-refractivity contribution in [1.29, 1.82) is 0 Å². The van der Waals surface area contributed by atoms with Gasteiger partial charge in [0.15, 0.2) is 5.17 Å². The van der Waals surface area contributed by atoms with Gasteiger partial charge in [0, 0.05) is 11.8 Å². The molecule has 0 saturated carbocycles. The Hall–Kier alpha value is -0.480. The van der Waals surface area contributed by atoms with Crippen molar-refractivity contribution in [2.24, 2.45) is 4.99 Å². The highest BCUT2D eigenvalue weighted by Gasteiger charge is 2.17. The Morgan fingerprint density at radius 3 is 3.00 bits per heavy atom. The first-order valence-electron chi connectivity index (χ1n) is 5.26. The van der Waals surface area contributed by atoms with E-state index in [-0.39, 0.29) is 0 Å². The van der Waals surface area contributed by atoms with Crippen LogP contribution in [0.3, 0.4) is 0 Å². The lowest BCUT2D eigenvalue weighted by Crippen LogP contribution is -2.18. The number of hydrogen-bond acceptors (Lipinski definition) is 4. The summed E-state index contributed by atoms with van der Waals surface area (Å²) >= 11 is 3.65. The van der Waals surface area contributed by atoms with Crippen LogP contribution in [-0.2, 0) is 6.54 Å². The second kappa shape index (κ2) is 5.03. The lowest BCUT2D eigenvalue weighted by molar-refractivity contribution is 0.839. The van der Waals surface area contributed by atoms with E-state index in [2.05, 4.69) is 34.9 Å². The van der Waals surface area contributed by atoms with E-state index < -0.39 is 0 Å². The molecule has 0 saturated heterocycles. The van der Waals surface area contributed by atoms with Crippen molar-refractivity contribution in [2.75, 3.05) is 6.54 Å². The molecule has 82 valence electrons. The molecule has 2 rings (SSSR count). The van der Waals surface area contributed by atoms with Crippen LogP contribution in [0.15, 0.2) is 15.8 Å². The number of thioether (sulfide) groups is 1. The molecule has 0 aliphatic carbocycles. The van der Waals surface area contributed by atoms with Gasteiger partial charge >= 0.3 is 0 Å². The SMILES string of the molecule is CCC1CN=C(NCc2cscc2C)S1. The predicted molar refractivity (Wildman–Crippen MR) is 69.9 cm³/mol. The Balaban J connectivity index is 1.82. The molecule has 1 aliphatic heterocycles. The third-order valence-electron chi connectivity index (χ3n) is 2.56. The van der Waals surface area contributed by atoms with Crippen LogP contribution in [0.4, 0.5) is 0 Å². The second-order valence-electron chi connectivity index (χ2n) is 3.73. The summed E-state index contributed by atoms with van der Waals surface area (Å²) in [4.78, 5) is 4.49. The normalized spacial score (nSPS) is 20.4. The van der Waals surface area contributed by atoms with Gasteiger partial charge in [-0.3, -0.25) is 4.99 Å². The van der Waals surface area contributed by atoms with E-state index in [9.17, 15) is 0 Å². The zero-order valence-corrected chi connectivity index (χ0v) is 10.8. The number of thiophene rings is 1. The summed E-state index contributed by atoms with van der Waals surface area (Å²) < 4.78 is 0. The molecule has 1 N–H and O–H groups in total. The molecule has 0 spiro atoms. The van der Waals surface area contributed by atoms with Gasteiger partial charge in [0.05, 0.1) is 6.54 Å². The van der Waals surface area contributed by atoms with E-state index in [1.807, 2.05) is 11.8 Å². The third kappa shape index (κ3) is 2.75. The molecule has 2 heterocycles. The van der Waals surface area contributed by atoms with Crippen molar-refractivity contribution < 1.29 is 0 Å². The summed E-state index contributed by atoms with van der Waals surface area (Å²) in [6.45, 7) is 6.27. The van der Waals surface area contributed by atoms with Crippen molar-refractivity contribution in [1.82, 2.24) is 5.32 Å². The average molecular weight is 240 g/mol. The smallest absolute Gasteiger partial charge is 0.157 e. The summed E-state index contributed by atoms with van der Waals surface area (Å²) in [7, 11) is 0. The van der Waals surface area contributed by atoms with Crippen LogP contribution in [0.1, 0.15) is 24.5 Å². The van der Waals surface area contributed by atoms with E-state index >= 15 is 0 Å². The summed E-state index contributed by atoms with van der Waals surface area (Å²) in [5, 5.41) is 9.62. The van der Waals surface area contributed by atoms with Gasteiger partial charge in [0.2, 0.25) is 0 Å². The molecule has 1 aromatic rings. The Bertz CT molecular complexity index is 357. The van der Waals surface area contributed by atoms with E-state index in [0.717, 1.165) is 18.3 Å². The van der Waals surface area contributed by atoms with Crippen molar-refractivity contribution >= 4 is 28.3 Å². The molecule has 1 unspecified atom stereocenters. The number of aliphatic imine (C=N–C) groups is 1. The Morgan fingerprint density at radius 2 is 2.40 bits per heavy atom. The highest BCUT2D eigenvalue weighted by molar-refractivity contribution is 8.14. The molecule has 1 aliphatic rings. The zero-order valence-electron chi connectivity index (χ0n) is 9.12. The van der Waals surface area contributed by atoms with Gasteiger partial charge < -0.3 is 5.32 Å². The van der Waals surface area contributed by atoms with Crippen molar-refractivity contribution in [3.63, 3.8) is 0 Å². The summed E-state index contributed by atoms with van der Waals surface area (Å²) in [6.07, 6.45) is 1.21. The van der Waals surface area contributed by atoms with Crippen molar-refractivity contribution in [3.8, 4) is 0 Å². The minimum absolute atomic E-state index is 0.691. The molecular formula is C11H16N2S2. The topological polar surface area (TPSA) is 24.4 Å². The van der Waals surface area contributed by atoms with Crippen LogP contribution in [0.5, 0.6) is 0 Å². The van der Waals surface area contributed by atoms with Gasteiger partial charge in [-0.25, -0.2) is 0 Å². The first-order chi connectivity index (χ1) is 7.29. The minimum atomic E-state index is 0.691. The van der Waals surface area contributed by atoms with E-state index in [0.29, 0.717) is 5.25 Å². The third-order valence-corrected chi connectivity index (χ3v) is 4.79. The van der Waals surface area contributed by atoms with Gasteiger partial charge in [0.1, 0.15) is 0 Å². The molecule has 2 nitrogen and oxygen atoms in total. The van der Waals surface area contributed by atoms with Crippen LogP contribution in [-0.4, -0.2) is 17.0 Å². The van der Waals surface area contributed by atoms with Crippen LogP contribution in [0, 0.1) is 6.92 Å². The molecule has 0 fully saturated rings. The molecule has 0 aromatic carbocycles. The Kier molecular flexibility index (Phi) is 3.70. The maximum atomic E-state index is 4.49. The highest BCUT2D eigenvalue weighted by Crippen LogP contribution is 2.22. The first-order valence-corrected chi connectivity index (χ1v) is 7.08. The van der Waals surface area contributed by atoms with Gasteiger partial charge in [-0.2, -0.15) is 11.3 Å². The van der Waals surface area contributed by atoms with Gasteiger partial charge in [-0.05, 0) is 35.2 Å². The molecule has 0 amide bonds. The fourth-order valence-corrected chi connectivity index (χ4v) is 3.26. The maximum absolute atomic E-state index is 4.49. The van der Waals surface area contributed by atoms with E-state index in [1.165, 1.54) is 17.5 Å². The predicted octanol–water partition coefficient (Wildman–Crippen LogP) is 3.03. The minimum Gasteiger partial charge on any atom is -0.361 e.